The summed E-state index contributed by atoms with van der Waals surface area (Å²) in [6.07, 6.45) is 0. The second-order valence-electron chi connectivity index (χ2n) is 4.79. The Kier molecular flexibility index (Phi) is 3.70. The van der Waals surface area contributed by atoms with Crippen molar-refractivity contribution in [3.8, 4) is 0 Å². The van der Waals surface area contributed by atoms with Crippen molar-refractivity contribution in [3.63, 3.8) is 0 Å². The molecule has 0 unspecified atom stereocenters. The van der Waals surface area contributed by atoms with Crippen molar-refractivity contribution in [3.05, 3.63) is 29.8 Å². The van der Waals surface area contributed by atoms with Crippen LogP contribution < -0.4 is 5.32 Å². The minimum absolute atomic E-state index is 0.398. The molecule has 3 heteroatoms. The molecular formula is C13H19NO2. The number of anilines is 1. The zero-order valence-corrected chi connectivity index (χ0v) is 10.2. The Bertz CT molecular complexity index is 361. The van der Waals surface area contributed by atoms with Crippen LogP contribution in [0, 0.1) is 0 Å². The topological polar surface area (TPSA) is 49.3 Å². The predicted octanol–water partition coefficient (Wildman–Crippen LogP) is 2.52. The number of hydrogen-bond donors (Lipinski definition) is 2. The highest BCUT2D eigenvalue weighted by Gasteiger charge is 2.23. The van der Waals surface area contributed by atoms with Gasteiger partial charge in [-0.15, -0.1) is 0 Å². The van der Waals surface area contributed by atoms with Crippen LogP contribution in [0.2, 0.25) is 0 Å². The fraction of sp³-hybridized carbons (Fsp3) is 0.462. The van der Waals surface area contributed by atoms with Crippen molar-refractivity contribution in [2.75, 3.05) is 5.32 Å². The van der Waals surface area contributed by atoms with Gasteiger partial charge in [-0.2, -0.15) is 0 Å². The third-order valence-corrected chi connectivity index (χ3v) is 2.39. The summed E-state index contributed by atoms with van der Waals surface area (Å²) in [6.45, 7) is 7.16. The molecule has 88 valence electrons. The molecule has 1 amide bonds. The summed E-state index contributed by atoms with van der Waals surface area (Å²) < 4.78 is 0. The first-order valence-corrected chi connectivity index (χ1v) is 5.44. The van der Waals surface area contributed by atoms with Gasteiger partial charge in [0.25, 0.3) is 5.91 Å². The summed E-state index contributed by atoms with van der Waals surface area (Å²) in [5.74, 6) is 0.0730. The molecule has 0 saturated heterocycles. The summed E-state index contributed by atoms with van der Waals surface area (Å²) in [6, 6.07) is 7.65. The maximum Gasteiger partial charge on any atom is 0.255 e. The minimum atomic E-state index is -1.35. The highest BCUT2D eigenvalue weighted by molar-refractivity contribution is 5.96. The largest absolute Gasteiger partial charge is 0.381 e. The number of amides is 1. The van der Waals surface area contributed by atoms with Gasteiger partial charge in [0.05, 0.1) is 0 Å². The van der Waals surface area contributed by atoms with Crippen LogP contribution in [0.3, 0.4) is 0 Å². The zero-order valence-electron chi connectivity index (χ0n) is 10.2. The van der Waals surface area contributed by atoms with E-state index in [9.17, 15) is 9.90 Å². The number of carbonyl (C=O) groups excluding carboxylic acids is 1. The van der Waals surface area contributed by atoms with E-state index in [1.165, 1.54) is 19.4 Å². The van der Waals surface area contributed by atoms with Crippen LogP contribution in [-0.2, 0) is 4.79 Å². The highest BCUT2D eigenvalue weighted by Crippen LogP contribution is 2.17. The average molecular weight is 221 g/mol. The van der Waals surface area contributed by atoms with Crippen molar-refractivity contribution < 1.29 is 9.90 Å². The van der Waals surface area contributed by atoms with Crippen LogP contribution in [0.5, 0.6) is 0 Å². The van der Waals surface area contributed by atoms with Crippen molar-refractivity contribution in [1.29, 1.82) is 0 Å². The molecule has 1 rings (SSSR count). The number of aliphatic hydroxyl groups is 1. The lowest BCUT2D eigenvalue weighted by atomic mass is 10.0. The summed E-state index contributed by atoms with van der Waals surface area (Å²) in [4.78, 5) is 11.5. The van der Waals surface area contributed by atoms with Gasteiger partial charge in [0.2, 0.25) is 0 Å². The number of carbonyl (C=O) groups is 1. The van der Waals surface area contributed by atoms with Crippen LogP contribution in [0.15, 0.2) is 24.3 Å². The van der Waals surface area contributed by atoms with E-state index in [0.29, 0.717) is 11.6 Å². The quantitative estimate of drug-likeness (QED) is 0.824. The number of rotatable bonds is 3. The zero-order chi connectivity index (χ0) is 12.3. The third-order valence-electron chi connectivity index (χ3n) is 2.39. The van der Waals surface area contributed by atoms with Gasteiger partial charge in [0.15, 0.2) is 0 Å². The van der Waals surface area contributed by atoms with E-state index < -0.39 is 11.5 Å². The molecule has 0 bridgehead atoms. The fourth-order valence-electron chi connectivity index (χ4n) is 1.24. The minimum Gasteiger partial charge on any atom is -0.381 e. The smallest absolute Gasteiger partial charge is 0.255 e. The maximum atomic E-state index is 11.5. The van der Waals surface area contributed by atoms with Crippen molar-refractivity contribution in [2.45, 2.75) is 39.2 Å². The second-order valence-corrected chi connectivity index (χ2v) is 4.79. The van der Waals surface area contributed by atoms with E-state index in [1.807, 2.05) is 24.3 Å². The second kappa shape index (κ2) is 4.66. The van der Waals surface area contributed by atoms with Crippen LogP contribution in [-0.4, -0.2) is 16.6 Å². The third kappa shape index (κ3) is 3.35. The Labute approximate surface area is 96.5 Å². The standard InChI is InChI=1S/C13H19NO2/c1-9(2)10-5-7-11(8-6-10)14-12(15)13(3,4)16/h5-9,16H,1-4H3,(H,14,15). The average Bonchev–Trinajstić information content (AvgIpc) is 2.17. The summed E-state index contributed by atoms with van der Waals surface area (Å²) in [5, 5.41) is 12.1. The molecule has 0 radical (unpaired) electrons. The van der Waals surface area contributed by atoms with Gasteiger partial charge in [-0.25, -0.2) is 0 Å². The van der Waals surface area contributed by atoms with Gasteiger partial charge in [-0.3, -0.25) is 4.79 Å². The van der Waals surface area contributed by atoms with E-state index in [1.54, 1.807) is 0 Å². The van der Waals surface area contributed by atoms with E-state index >= 15 is 0 Å². The molecule has 16 heavy (non-hydrogen) atoms. The molecule has 0 heterocycles. The Balaban J connectivity index is 2.73. The molecule has 0 aliphatic rings. The Morgan fingerprint density at radius 2 is 1.75 bits per heavy atom. The summed E-state index contributed by atoms with van der Waals surface area (Å²) in [5.41, 5.74) is 0.578. The van der Waals surface area contributed by atoms with Gasteiger partial charge >= 0.3 is 0 Å². The van der Waals surface area contributed by atoms with Crippen LogP contribution >= 0.6 is 0 Å². The Morgan fingerprint density at radius 3 is 2.12 bits per heavy atom. The lowest BCUT2D eigenvalue weighted by Gasteiger charge is -2.16. The number of benzene rings is 1. The molecule has 1 aromatic carbocycles. The Hall–Kier alpha value is -1.35. The van der Waals surface area contributed by atoms with Gasteiger partial charge in [-0.1, -0.05) is 26.0 Å². The molecule has 1 aromatic rings. The van der Waals surface area contributed by atoms with Crippen molar-refractivity contribution >= 4 is 11.6 Å². The maximum absolute atomic E-state index is 11.5. The van der Waals surface area contributed by atoms with Gasteiger partial charge in [-0.05, 0) is 37.5 Å². The molecule has 3 nitrogen and oxygen atoms in total. The Morgan fingerprint density at radius 1 is 1.25 bits per heavy atom. The monoisotopic (exact) mass is 221 g/mol. The molecule has 0 fully saturated rings. The van der Waals surface area contributed by atoms with Gasteiger partial charge < -0.3 is 10.4 Å². The molecule has 0 atom stereocenters. The summed E-state index contributed by atoms with van der Waals surface area (Å²) in [7, 11) is 0. The van der Waals surface area contributed by atoms with Crippen molar-refractivity contribution in [1.82, 2.24) is 0 Å². The van der Waals surface area contributed by atoms with Crippen molar-refractivity contribution in [2.24, 2.45) is 0 Å². The number of nitrogens with one attached hydrogen (secondary N) is 1. The highest BCUT2D eigenvalue weighted by atomic mass is 16.3. The number of hydrogen-bond acceptors (Lipinski definition) is 2. The van der Waals surface area contributed by atoms with E-state index in [2.05, 4.69) is 19.2 Å². The molecule has 0 spiro atoms. The SMILES string of the molecule is CC(C)c1ccc(NC(=O)C(C)(C)O)cc1. The molecule has 0 aliphatic heterocycles. The first-order chi connectivity index (χ1) is 7.30. The predicted molar refractivity (Wildman–Crippen MR) is 65.5 cm³/mol. The van der Waals surface area contributed by atoms with E-state index in [0.717, 1.165) is 0 Å². The molecule has 2 N–H and O–H groups in total. The molecule has 0 aromatic heterocycles. The van der Waals surface area contributed by atoms with Gasteiger partial charge in [0, 0.05) is 5.69 Å². The lowest BCUT2D eigenvalue weighted by Crippen LogP contribution is -2.36. The molecule has 0 aliphatic carbocycles. The first kappa shape index (κ1) is 12.7. The van der Waals surface area contributed by atoms with E-state index in [-0.39, 0.29) is 0 Å². The van der Waals surface area contributed by atoms with E-state index in [4.69, 9.17) is 0 Å². The van der Waals surface area contributed by atoms with Crippen LogP contribution in [0.4, 0.5) is 5.69 Å². The van der Waals surface area contributed by atoms with Crippen LogP contribution in [0.25, 0.3) is 0 Å². The fourth-order valence-corrected chi connectivity index (χ4v) is 1.24. The lowest BCUT2D eigenvalue weighted by molar-refractivity contribution is -0.130. The molecule has 0 saturated carbocycles. The van der Waals surface area contributed by atoms with Crippen LogP contribution in [0.1, 0.15) is 39.2 Å². The van der Waals surface area contributed by atoms with Gasteiger partial charge in [0.1, 0.15) is 5.60 Å². The first-order valence-electron chi connectivity index (χ1n) is 5.44. The molecular weight excluding hydrogens is 202 g/mol. The normalized spacial score (nSPS) is 11.6. The summed E-state index contributed by atoms with van der Waals surface area (Å²) >= 11 is 0.